The summed E-state index contributed by atoms with van der Waals surface area (Å²) in [6, 6.07) is -0.309. The summed E-state index contributed by atoms with van der Waals surface area (Å²) in [5, 5.41) is 7.76. The Morgan fingerprint density at radius 2 is 1.55 bits per heavy atom. The van der Waals surface area contributed by atoms with Gasteiger partial charge in [-0.3, -0.25) is 0 Å². The molecule has 0 radical (unpaired) electrons. The highest BCUT2D eigenvalue weighted by Crippen LogP contribution is 2.13. The van der Waals surface area contributed by atoms with Crippen LogP contribution >= 0.6 is 0 Å². The number of carbonyl (C=O) groups is 2. The number of alkyl carbamates (subject to hydrolysis) is 1. The van der Waals surface area contributed by atoms with Gasteiger partial charge in [-0.2, -0.15) is 0 Å². The van der Waals surface area contributed by atoms with Gasteiger partial charge in [0.15, 0.2) is 0 Å². The van der Waals surface area contributed by atoms with Gasteiger partial charge in [-0.05, 0) is 26.2 Å². The maximum Gasteiger partial charge on any atom is 0.407 e. The quantitative estimate of drug-likeness (QED) is 0.694. The minimum atomic E-state index is -0.521. The van der Waals surface area contributed by atoms with Crippen LogP contribution in [-0.4, -0.2) is 30.8 Å². The molecule has 0 heterocycles. The first-order valence-corrected chi connectivity index (χ1v) is 6.68. The predicted octanol–water partition coefficient (Wildman–Crippen LogP) is 2.37. The lowest BCUT2D eigenvalue weighted by Gasteiger charge is -2.19. The smallest absolute Gasteiger partial charge is 0.407 e. The van der Waals surface area contributed by atoms with Gasteiger partial charge in [0.2, 0.25) is 0 Å². The Kier molecular flexibility index (Phi) is 7.10. The molecule has 0 spiro atoms. The van der Waals surface area contributed by atoms with Crippen LogP contribution in [0.1, 0.15) is 41.5 Å². The average Bonchev–Trinajstić information content (AvgIpc) is 2.20. The molecule has 0 aliphatic heterocycles. The molecule has 20 heavy (non-hydrogen) atoms. The summed E-state index contributed by atoms with van der Waals surface area (Å²) in [6.07, 6.45) is 3.01. The highest BCUT2D eigenvalue weighted by Gasteiger charge is 2.15. The van der Waals surface area contributed by atoms with E-state index in [1.54, 1.807) is 27.0 Å². The summed E-state index contributed by atoms with van der Waals surface area (Å²) in [4.78, 5) is 22.7. The van der Waals surface area contributed by atoms with Crippen LogP contribution in [-0.2, 0) is 4.74 Å². The fourth-order valence-electron chi connectivity index (χ4n) is 1.07. The number of rotatable bonds is 4. The molecule has 3 N–H and O–H groups in total. The third-order valence-electron chi connectivity index (χ3n) is 1.88. The maximum atomic E-state index is 11.4. The molecule has 0 aliphatic rings. The number of ether oxygens (including phenoxy) is 1. The van der Waals surface area contributed by atoms with Crippen molar-refractivity contribution in [1.82, 2.24) is 16.0 Å². The Labute approximate surface area is 121 Å². The second-order valence-corrected chi connectivity index (χ2v) is 6.53. The van der Waals surface area contributed by atoms with E-state index in [-0.39, 0.29) is 11.4 Å². The third-order valence-corrected chi connectivity index (χ3v) is 1.88. The van der Waals surface area contributed by atoms with Crippen molar-refractivity contribution < 1.29 is 14.3 Å². The van der Waals surface area contributed by atoms with Crippen LogP contribution in [0.3, 0.4) is 0 Å². The highest BCUT2D eigenvalue weighted by molar-refractivity contribution is 5.75. The molecule has 0 fully saturated rings. The summed E-state index contributed by atoms with van der Waals surface area (Å²) in [5.41, 5.74) is -0.502. The Balaban J connectivity index is 3.73. The van der Waals surface area contributed by atoms with Crippen molar-refractivity contribution in [3.8, 4) is 0 Å². The van der Waals surface area contributed by atoms with E-state index in [9.17, 15) is 9.59 Å². The third kappa shape index (κ3) is 12.7. The van der Waals surface area contributed by atoms with Crippen LogP contribution in [0.25, 0.3) is 0 Å². The number of hydrogen-bond acceptors (Lipinski definition) is 3. The molecule has 6 nitrogen and oxygen atoms in total. The lowest BCUT2D eigenvalue weighted by molar-refractivity contribution is 0.0528. The lowest BCUT2D eigenvalue weighted by atomic mass is 9.97. The van der Waals surface area contributed by atoms with Gasteiger partial charge in [-0.15, -0.1) is 0 Å². The van der Waals surface area contributed by atoms with Crippen molar-refractivity contribution in [2.24, 2.45) is 5.41 Å². The van der Waals surface area contributed by atoms with Gasteiger partial charge in [-0.1, -0.05) is 26.8 Å². The number of urea groups is 1. The van der Waals surface area contributed by atoms with E-state index in [1.807, 2.05) is 26.8 Å². The van der Waals surface area contributed by atoms with E-state index in [1.165, 1.54) is 0 Å². The maximum absolute atomic E-state index is 11.4. The van der Waals surface area contributed by atoms with E-state index in [2.05, 4.69) is 16.0 Å². The Bertz CT molecular complexity index is 352. The first kappa shape index (κ1) is 18.3. The molecule has 0 aromatic carbocycles. The zero-order valence-electron chi connectivity index (χ0n) is 13.3. The van der Waals surface area contributed by atoms with Crippen LogP contribution in [0.5, 0.6) is 0 Å². The summed E-state index contributed by atoms with van der Waals surface area (Å²) in [5.74, 6) is 0. The molecule has 0 rings (SSSR count). The van der Waals surface area contributed by atoms with Crippen LogP contribution in [0.4, 0.5) is 9.59 Å². The van der Waals surface area contributed by atoms with Crippen LogP contribution in [0, 0.1) is 5.41 Å². The molecule has 116 valence electrons. The van der Waals surface area contributed by atoms with Crippen molar-refractivity contribution in [1.29, 1.82) is 0 Å². The van der Waals surface area contributed by atoms with Crippen LogP contribution in [0.15, 0.2) is 12.3 Å². The fourth-order valence-corrected chi connectivity index (χ4v) is 1.07. The monoisotopic (exact) mass is 285 g/mol. The van der Waals surface area contributed by atoms with Gasteiger partial charge in [0, 0.05) is 19.3 Å². The number of amides is 3. The van der Waals surface area contributed by atoms with Gasteiger partial charge in [0.1, 0.15) is 5.60 Å². The second kappa shape index (κ2) is 7.77. The molecule has 0 saturated heterocycles. The van der Waals surface area contributed by atoms with Crippen LogP contribution < -0.4 is 16.0 Å². The average molecular weight is 285 g/mol. The van der Waals surface area contributed by atoms with Crippen LogP contribution in [0.2, 0.25) is 0 Å². The molecule has 0 saturated carbocycles. The standard InChI is InChI=1S/C14H27N3O3/c1-13(2,3)7-8-15-11(18)16-9-10-17-12(19)20-14(4,5)6/h7-8H,9-10H2,1-6H3,(H,17,19)(H2,15,16,18)/b8-7+. The van der Waals surface area contributed by atoms with Gasteiger partial charge in [0.25, 0.3) is 0 Å². The van der Waals surface area contributed by atoms with E-state index in [4.69, 9.17) is 4.74 Å². The summed E-state index contributed by atoms with van der Waals surface area (Å²) in [6.45, 7) is 12.1. The topological polar surface area (TPSA) is 79.5 Å². The molecular formula is C14H27N3O3. The number of hydrogen-bond donors (Lipinski definition) is 3. The highest BCUT2D eigenvalue weighted by atomic mass is 16.6. The first-order chi connectivity index (χ1) is 8.99. The van der Waals surface area contributed by atoms with Crippen molar-refractivity contribution in [2.75, 3.05) is 13.1 Å². The van der Waals surface area contributed by atoms with Crippen molar-refractivity contribution in [3.63, 3.8) is 0 Å². The zero-order valence-corrected chi connectivity index (χ0v) is 13.3. The van der Waals surface area contributed by atoms with Gasteiger partial charge in [0.05, 0.1) is 0 Å². The van der Waals surface area contributed by atoms with E-state index >= 15 is 0 Å². The molecule has 0 aromatic rings. The van der Waals surface area contributed by atoms with Crippen molar-refractivity contribution in [2.45, 2.75) is 47.1 Å². The molecule has 3 amide bonds. The molecule has 6 heteroatoms. The SMILES string of the molecule is CC(C)(C)/C=C/NC(=O)NCCNC(=O)OC(C)(C)C. The number of carbonyl (C=O) groups excluding carboxylic acids is 2. The van der Waals surface area contributed by atoms with Crippen molar-refractivity contribution in [3.05, 3.63) is 12.3 Å². The summed E-state index contributed by atoms with van der Waals surface area (Å²) in [7, 11) is 0. The van der Waals surface area contributed by atoms with Gasteiger partial charge >= 0.3 is 12.1 Å². The Hall–Kier alpha value is -1.72. The number of allylic oxidation sites excluding steroid dienone is 1. The molecule has 0 aliphatic carbocycles. The lowest BCUT2D eigenvalue weighted by Crippen LogP contribution is -2.40. The molecule has 0 bridgehead atoms. The Morgan fingerprint density at radius 1 is 1.00 bits per heavy atom. The minimum Gasteiger partial charge on any atom is -0.444 e. The second-order valence-electron chi connectivity index (χ2n) is 6.53. The van der Waals surface area contributed by atoms with Crippen molar-refractivity contribution >= 4 is 12.1 Å². The summed E-state index contributed by atoms with van der Waals surface area (Å²) < 4.78 is 5.06. The fraction of sp³-hybridized carbons (Fsp3) is 0.714. The molecule has 0 aromatic heterocycles. The van der Waals surface area contributed by atoms with Gasteiger partial charge < -0.3 is 20.7 Å². The molecule has 0 unspecified atom stereocenters. The molecule has 0 atom stereocenters. The van der Waals surface area contributed by atoms with E-state index in [0.717, 1.165) is 0 Å². The molecular weight excluding hydrogens is 258 g/mol. The largest absolute Gasteiger partial charge is 0.444 e. The first-order valence-electron chi connectivity index (χ1n) is 6.68. The van der Waals surface area contributed by atoms with E-state index in [0.29, 0.717) is 13.1 Å². The minimum absolute atomic E-state index is 0.0194. The Morgan fingerprint density at radius 3 is 2.05 bits per heavy atom. The zero-order chi connectivity index (χ0) is 15.8. The normalized spacial score (nSPS) is 12.1. The number of nitrogens with one attached hydrogen (secondary N) is 3. The predicted molar refractivity (Wildman–Crippen MR) is 79.4 cm³/mol. The summed E-state index contributed by atoms with van der Waals surface area (Å²) >= 11 is 0. The van der Waals surface area contributed by atoms with Gasteiger partial charge in [-0.25, -0.2) is 9.59 Å². The van der Waals surface area contributed by atoms with E-state index < -0.39 is 11.7 Å².